The van der Waals surface area contributed by atoms with Crippen LogP contribution in [0.1, 0.15) is 13.8 Å². The molecule has 1 nitrogen and oxygen atoms in total. The molecule has 0 saturated heterocycles. The molecule has 0 rings (SSSR count). The van der Waals surface area contributed by atoms with Gasteiger partial charge in [0.1, 0.15) is 0 Å². The summed E-state index contributed by atoms with van der Waals surface area (Å²) in [6.07, 6.45) is 0.708. The third-order valence-corrected chi connectivity index (χ3v) is 1.14. The van der Waals surface area contributed by atoms with Crippen molar-refractivity contribution < 1.29 is 4.57 Å². The van der Waals surface area contributed by atoms with Gasteiger partial charge in [-0.2, -0.15) is 0 Å². The molecule has 0 atom stereocenters. The number of hydrogen-bond acceptors (Lipinski definition) is 1. The average molecular weight is 103 g/mol. The molecule has 0 aromatic rings. The van der Waals surface area contributed by atoms with E-state index in [2.05, 4.69) is 0 Å². The number of hydrogen-bond donors (Lipinski definition) is 0. The molecule has 0 aromatic carbocycles. The molecule has 0 N–H and O–H groups in total. The molecule has 0 bridgehead atoms. The fraction of sp³-hybridized carbons (Fsp3) is 0.750. The molecule has 2 heteroatoms. The monoisotopic (exact) mass is 103 g/mol. The topological polar surface area (TPSA) is 17.1 Å². The van der Waals surface area contributed by atoms with Gasteiger partial charge in [-0.05, 0) is 5.92 Å². The van der Waals surface area contributed by atoms with Crippen molar-refractivity contribution in [3.05, 3.63) is 5.92 Å². The third-order valence-electron chi connectivity index (χ3n) is 0.381. The van der Waals surface area contributed by atoms with Crippen LogP contribution in [0, 0.1) is 5.92 Å². The van der Waals surface area contributed by atoms with E-state index in [0.717, 1.165) is 0 Å². The summed E-state index contributed by atoms with van der Waals surface area (Å²) in [7, 11) is 0.237. The first-order valence-corrected chi connectivity index (χ1v) is 2.85. The van der Waals surface area contributed by atoms with Crippen LogP contribution in [-0.4, -0.2) is 6.16 Å². The van der Waals surface area contributed by atoms with Gasteiger partial charge in [0.25, 0.3) is 0 Å². The zero-order valence-corrected chi connectivity index (χ0v) is 4.96. The molecule has 6 heavy (non-hydrogen) atoms. The summed E-state index contributed by atoms with van der Waals surface area (Å²) in [5.74, 6) is 1.21. The van der Waals surface area contributed by atoms with E-state index in [4.69, 9.17) is 0 Å². The lowest BCUT2D eigenvalue weighted by Crippen LogP contribution is -1.80. The fourth-order valence-corrected chi connectivity index (χ4v) is 0.387. The van der Waals surface area contributed by atoms with Crippen LogP contribution in [0.2, 0.25) is 0 Å². The lowest BCUT2D eigenvalue weighted by Gasteiger charge is -1.87. The van der Waals surface area contributed by atoms with Gasteiger partial charge < -0.3 is 0 Å². The Bertz CT molecular complexity index is 42.8. The van der Waals surface area contributed by atoms with Crippen LogP contribution < -0.4 is 0 Å². The van der Waals surface area contributed by atoms with Gasteiger partial charge in [0.05, 0.1) is 0 Å². The van der Waals surface area contributed by atoms with Crippen molar-refractivity contribution in [3.63, 3.8) is 0 Å². The molecular formula is C4H8OP. The van der Waals surface area contributed by atoms with Crippen LogP contribution in [0.25, 0.3) is 0 Å². The van der Waals surface area contributed by atoms with E-state index in [-0.39, 0.29) is 8.46 Å². The highest BCUT2D eigenvalue weighted by atomic mass is 31.1. The molecule has 0 heterocycles. The van der Waals surface area contributed by atoms with Crippen LogP contribution >= 0.6 is 8.46 Å². The van der Waals surface area contributed by atoms with Gasteiger partial charge in [-0.3, -0.25) is 4.57 Å². The molecule has 0 amide bonds. The van der Waals surface area contributed by atoms with Gasteiger partial charge in [0.2, 0.25) is 0 Å². The van der Waals surface area contributed by atoms with Crippen LogP contribution in [-0.2, 0) is 4.57 Å². The molecule has 0 saturated carbocycles. The van der Waals surface area contributed by atoms with Crippen molar-refractivity contribution in [2.45, 2.75) is 13.8 Å². The minimum atomic E-state index is 0.237. The molecule has 0 spiro atoms. The van der Waals surface area contributed by atoms with E-state index in [9.17, 15) is 4.57 Å². The smallest absolute Gasteiger partial charge is 0.155 e. The first-order chi connectivity index (χ1) is 2.77. The van der Waals surface area contributed by atoms with Gasteiger partial charge in [0.15, 0.2) is 8.46 Å². The van der Waals surface area contributed by atoms with Gasteiger partial charge in [-0.25, -0.2) is 0 Å². The lowest BCUT2D eigenvalue weighted by molar-refractivity contribution is 0.598. The normalized spacial score (nSPS) is 10.5. The largest absolute Gasteiger partial charge is 0.275 e. The fourth-order valence-electron chi connectivity index (χ4n) is 0.129. The summed E-state index contributed by atoms with van der Waals surface area (Å²) in [5.41, 5.74) is 0. The van der Waals surface area contributed by atoms with E-state index in [0.29, 0.717) is 6.16 Å². The summed E-state index contributed by atoms with van der Waals surface area (Å²) >= 11 is 0. The first kappa shape index (κ1) is 6.10. The predicted molar refractivity (Wildman–Crippen MR) is 27.1 cm³/mol. The summed E-state index contributed by atoms with van der Waals surface area (Å²) in [6.45, 7) is 3.93. The second kappa shape index (κ2) is 3.30. The quantitative estimate of drug-likeness (QED) is 0.488. The molecule has 0 unspecified atom stereocenters. The Morgan fingerprint density at radius 2 is 2.17 bits per heavy atom. The van der Waals surface area contributed by atoms with Crippen LogP contribution in [0.5, 0.6) is 0 Å². The van der Waals surface area contributed by atoms with Gasteiger partial charge in [-0.1, -0.05) is 13.8 Å². The van der Waals surface area contributed by atoms with Crippen molar-refractivity contribution in [1.29, 1.82) is 0 Å². The molecule has 0 aliphatic carbocycles. The zero-order valence-electron chi connectivity index (χ0n) is 4.06. The molecule has 0 fully saturated rings. The molecular weight excluding hydrogens is 95.0 g/mol. The van der Waals surface area contributed by atoms with Crippen molar-refractivity contribution >= 4 is 8.46 Å². The minimum Gasteiger partial charge on any atom is -0.275 e. The molecule has 35 valence electrons. The summed E-state index contributed by atoms with van der Waals surface area (Å²) in [4.78, 5) is 0. The summed E-state index contributed by atoms with van der Waals surface area (Å²) in [6, 6.07) is 0. The van der Waals surface area contributed by atoms with Crippen molar-refractivity contribution in [3.8, 4) is 0 Å². The van der Waals surface area contributed by atoms with E-state index in [1.807, 2.05) is 13.8 Å². The minimum absolute atomic E-state index is 0.237. The van der Waals surface area contributed by atoms with Crippen LogP contribution in [0.4, 0.5) is 0 Å². The van der Waals surface area contributed by atoms with Crippen molar-refractivity contribution in [2.75, 3.05) is 6.16 Å². The Kier molecular flexibility index (Phi) is 3.35. The predicted octanol–water partition coefficient (Wildman–Crippen LogP) is 1.89. The van der Waals surface area contributed by atoms with E-state index < -0.39 is 0 Å². The van der Waals surface area contributed by atoms with Gasteiger partial charge in [0, 0.05) is 6.16 Å². The van der Waals surface area contributed by atoms with Crippen molar-refractivity contribution in [1.82, 2.24) is 0 Å². The van der Waals surface area contributed by atoms with Gasteiger partial charge >= 0.3 is 0 Å². The highest BCUT2D eigenvalue weighted by Crippen LogP contribution is 2.02. The van der Waals surface area contributed by atoms with Crippen LogP contribution in [0.15, 0.2) is 0 Å². The third kappa shape index (κ3) is 4.10. The number of rotatable bonds is 2. The van der Waals surface area contributed by atoms with E-state index in [1.54, 1.807) is 0 Å². The second-order valence-corrected chi connectivity index (χ2v) is 2.07. The Morgan fingerprint density at radius 3 is 2.17 bits per heavy atom. The lowest BCUT2D eigenvalue weighted by atomic mass is 10.3. The molecule has 0 aliphatic heterocycles. The summed E-state index contributed by atoms with van der Waals surface area (Å²) < 4.78 is 9.69. The molecule has 1 radical (unpaired) electrons. The standard InChI is InChI=1S/C4H8OP/c1-4(2)3-6-5/h3H2,1-2H3. The van der Waals surface area contributed by atoms with Crippen molar-refractivity contribution in [2.24, 2.45) is 0 Å². The van der Waals surface area contributed by atoms with E-state index in [1.165, 1.54) is 5.92 Å². The highest BCUT2D eigenvalue weighted by Gasteiger charge is 1.88. The summed E-state index contributed by atoms with van der Waals surface area (Å²) in [5, 5.41) is 0. The average Bonchev–Trinajstić information content (AvgIpc) is 1.35. The second-order valence-electron chi connectivity index (χ2n) is 1.49. The van der Waals surface area contributed by atoms with Crippen LogP contribution in [0.3, 0.4) is 0 Å². The Hall–Kier alpha value is 0.100. The van der Waals surface area contributed by atoms with E-state index >= 15 is 0 Å². The maximum Gasteiger partial charge on any atom is 0.155 e. The Balaban J connectivity index is 2.81. The Labute approximate surface area is 40.0 Å². The maximum absolute atomic E-state index is 9.69. The SMILES string of the molecule is C[C](C)CP=O. The highest BCUT2D eigenvalue weighted by molar-refractivity contribution is 7.23. The Morgan fingerprint density at radius 1 is 1.67 bits per heavy atom. The zero-order chi connectivity index (χ0) is 4.99. The first-order valence-electron chi connectivity index (χ1n) is 1.85. The molecule has 0 aromatic heterocycles. The molecule has 0 aliphatic rings. The maximum atomic E-state index is 9.69. The van der Waals surface area contributed by atoms with Gasteiger partial charge in [-0.15, -0.1) is 0 Å².